The van der Waals surface area contributed by atoms with Gasteiger partial charge in [0.25, 0.3) is 5.91 Å². The Morgan fingerprint density at radius 3 is 2.88 bits per heavy atom. The molecule has 24 heavy (non-hydrogen) atoms. The summed E-state index contributed by atoms with van der Waals surface area (Å²) in [6.07, 6.45) is 1.50. The smallest absolute Gasteiger partial charge is 0.269 e. The van der Waals surface area contributed by atoms with Crippen molar-refractivity contribution in [2.75, 3.05) is 19.6 Å². The molecular formula is C17H21ClN4O2. The van der Waals surface area contributed by atoms with Gasteiger partial charge in [0.2, 0.25) is 0 Å². The molecule has 0 radical (unpaired) electrons. The largest absolute Gasteiger partial charge is 0.387 e. The van der Waals surface area contributed by atoms with Gasteiger partial charge in [0.1, 0.15) is 5.69 Å². The van der Waals surface area contributed by atoms with Crippen molar-refractivity contribution >= 4 is 17.5 Å². The summed E-state index contributed by atoms with van der Waals surface area (Å²) in [6, 6.07) is 9.00. The summed E-state index contributed by atoms with van der Waals surface area (Å²) < 4.78 is 0. The van der Waals surface area contributed by atoms with Gasteiger partial charge >= 0.3 is 0 Å². The van der Waals surface area contributed by atoms with Crippen LogP contribution in [-0.4, -0.2) is 45.7 Å². The molecule has 1 aliphatic rings. The predicted octanol–water partition coefficient (Wildman–Crippen LogP) is 2.08. The summed E-state index contributed by atoms with van der Waals surface area (Å²) in [6.45, 7) is 2.32. The van der Waals surface area contributed by atoms with Crippen molar-refractivity contribution < 1.29 is 9.90 Å². The lowest BCUT2D eigenvalue weighted by Crippen LogP contribution is -2.37. The number of hydrogen-bond acceptors (Lipinski definition) is 4. The van der Waals surface area contributed by atoms with E-state index in [4.69, 9.17) is 17.3 Å². The van der Waals surface area contributed by atoms with E-state index in [0.29, 0.717) is 11.6 Å². The second-order valence-electron chi connectivity index (χ2n) is 6.24. The second-order valence-corrected chi connectivity index (χ2v) is 6.68. The molecule has 1 aromatic carbocycles. The quantitative estimate of drug-likeness (QED) is 0.770. The summed E-state index contributed by atoms with van der Waals surface area (Å²) in [4.78, 5) is 13.4. The van der Waals surface area contributed by atoms with Crippen LogP contribution in [0.5, 0.6) is 0 Å². The fourth-order valence-corrected chi connectivity index (χ4v) is 3.31. The molecule has 1 saturated heterocycles. The van der Waals surface area contributed by atoms with Crippen molar-refractivity contribution in [1.29, 1.82) is 0 Å². The first-order chi connectivity index (χ1) is 11.5. The van der Waals surface area contributed by atoms with E-state index >= 15 is 0 Å². The number of nitrogens with two attached hydrogens (primary N) is 1. The molecule has 1 amide bonds. The average Bonchev–Trinajstić information content (AvgIpc) is 3.06. The summed E-state index contributed by atoms with van der Waals surface area (Å²) in [7, 11) is 0. The standard InChI is InChI=1S/C17H21ClN4O2/c18-13-5-3-11(4-6-13)16(23)10-22-7-1-2-12(9-22)14-8-15(17(19)24)21-20-14/h3-6,8,12,16,23H,1-2,7,9-10H2,(H2,19,24)(H,20,21). The SMILES string of the molecule is NC(=O)c1cc(C2CCCN(CC(O)c3ccc(Cl)cc3)C2)[nH]n1. The Balaban J connectivity index is 1.62. The van der Waals surface area contributed by atoms with E-state index in [1.807, 2.05) is 12.1 Å². The van der Waals surface area contributed by atoms with Crippen molar-refractivity contribution in [3.05, 3.63) is 52.3 Å². The van der Waals surface area contributed by atoms with Gasteiger partial charge in [-0.2, -0.15) is 5.10 Å². The maximum atomic E-state index is 11.2. The average molecular weight is 349 g/mol. The first kappa shape index (κ1) is 17.0. The van der Waals surface area contributed by atoms with Crippen LogP contribution in [0.1, 0.15) is 46.6 Å². The summed E-state index contributed by atoms with van der Waals surface area (Å²) in [5, 5.41) is 18.0. The number of nitrogens with one attached hydrogen (secondary N) is 1. The topological polar surface area (TPSA) is 95.2 Å². The number of carbonyl (C=O) groups excluding carboxylic acids is 1. The van der Waals surface area contributed by atoms with Gasteiger partial charge < -0.3 is 10.8 Å². The number of piperidine rings is 1. The molecule has 7 heteroatoms. The Morgan fingerprint density at radius 2 is 2.21 bits per heavy atom. The number of H-pyrrole nitrogens is 1. The number of halogens is 1. The molecule has 0 aliphatic carbocycles. The van der Waals surface area contributed by atoms with E-state index in [2.05, 4.69) is 15.1 Å². The molecule has 0 saturated carbocycles. The molecule has 2 unspecified atom stereocenters. The van der Waals surface area contributed by atoms with Crippen molar-refractivity contribution in [2.45, 2.75) is 24.9 Å². The van der Waals surface area contributed by atoms with E-state index in [9.17, 15) is 9.90 Å². The summed E-state index contributed by atoms with van der Waals surface area (Å²) >= 11 is 5.89. The van der Waals surface area contributed by atoms with Crippen LogP contribution in [-0.2, 0) is 0 Å². The molecule has 6 nitrogen and oxygen atoms in total. The molecule has 2 atom stereocenters. The summed E-state index contributed by atoms with van der Waals surface area (Å²) in [5.41, 5.74) is 7.30. The Hall–Kier alpha value is -1.89. The van der Waals surface area contributed by atoms with Gasteiger partial charge in [-0.05, 0) is 43.1 Å². The number of β-amino-alcohol motifs (C(OH)–C–C–N with tert-alkyl or cyclic N) is 1. The lowest BCUT2D eigenvalue weighted by molar-refractivity contribution is 0.0950. The number of hydrogen-bond donors (Lipinski definition) is 3. The number of rotatable bonds is 5. The van der Waals surface area contributed by atoms with E-state index < -0.39 is 12.0 Å². The lowest BCUT2D eigenvalue weighted by Gasteiger charge is -2.33. The van der Waals surface area contributed by atoms with Crippen LogP contribution in [0.3, 0.4) is 0 Å². The zero-order valence-corrected chi connectivity index (χ0v) is 14.0. The molecule has 2 heterocycles. The Kier molecular flexibility index (Phi) is 5.18. The van der Waals surface area contributed by atoms with Crippen LogP contribution in [0.25, 0.3) is 0 Å². The van der Waals surface area contributed by atoms with Gasteiger partial charge in [-0.1, -0.05) is 23.7 Å². The highest BCUT2D eigenvalue weighted by Gasteiger charge is 2.25. The molecule has 128 valence electrons. The number of nitrogens with zero attached hydrogens (tertiary/aromatic N) is 2. The summed E-state index contributed by atoms with van der Waals surface area (Å²) in [5.74, 6) is -0.264. The molecule has 2 aromatic rings. The maximum absolute atomic E-state index is 11.2. The Bertz CT molecular complexity index is 701. The Labute approximate surface area is 145 Å². The van der Waals surface area contributed by atoms with Crippen LogP contribution in [0.2, 0.25) is 5.02 Å². The van der Waals surface area contributed by atoms with Crippen molar-refractivity contribution in [1.82, 2.24) is 15.1 Å². The minimum atomic E-state index is -0.552. The first-order valence-corrected chi connectivity index (χ1v) is 8.41. The minimum Gasteiger partial charge on any atom is -0.387 e. The molecule has 1 aromatic heterocycles. The third-order valence-corrected chi connectivity index (χ3v) is 4.73. The van der Waals surface area contributed by atoms with Gasteiger partial charge in [0, 0.05) is 29.7 Å². The molecule has 0 spiro atoms. The maximum Gasteiger partial charge on any atom is 0.269 e. The fourth-order valence-electron chi connectivity index (χ4n) is 3.18. The number of aromatic nitrogens is 2. The monoisotopic (exact) mass is 348 g/mol. The van der Waals surface area contributed by atoms with Gasteiger partial charge in [0.15, 0.2) is 0 Å². The van der Waals surface area contributed by atoms with E-state index in [1.54, 1.807) is 18.2 Å². The van der Waals surface area contributed by atoms with E-state index in [0.717, 1.165) is 37.2 Å². The molecule has 3 rings (SSSR count). The number of aromatic amines is 1. The molecule has 1 aliphatic heterocycles. The van der Waals surface area contributed by atoms with Crippen LogP contribution >= 0.6 is 11.6 Å². The number of amides is 1. The number of benzene rings is 1. The van der Waals surface area contributed by atoms with E-state index in [1.165, 1.54) is 0 Å². The van der Waals surface area contributed by atoms with Crippen LogP contribution in [0, 0.1) is 0 Å². The number of aliphatic hydroxyl groups is 1. The third kappa shape index (κ3) is 3.95. The second kappa shape index (κ2) is 7.34. The van der Waals surface area contributed by atoms with Gasteiger partial charge in [-0.15, -0.1) is 0 Å². The Morgan fingerprint density at radius 1 is 1.46 bits per heavy atom. The fraction of sp³-hybridized carbons (Fsp3) is 0.412. The van der Waals surface area contributed by atoms with Gasteiger partial charge in [0.05, 0.1) is 6.10 Å². The minimum absolute atomic E-state index is 0.261. The highest BCUT2D eigenvalue weighted by atomic mass is 35.5. The zero-order chi connectivity index (χ0) is 17.1. The van der Waals surface area contributed by atoms with Gasteiger partial charge in [-0.25, -0.2) is 0 Å². The third-order valence-electron chi connectivity index (χ3n) is 4.48. The van der Waals surface area contributed by atoms with Crippen molar-refractivity contribution in [3.8, 4) is 0 Å². The normalized spacial score (nSPS) is 20.0. The first-order valence-electron chi connectivity index (χ1n) is 8.04. The molecule has 4 N–H and O–H groups in total. The van der Waals surface area contributed by atoms with Crippen molar-refractivity contribution in [2.24, 2.45) is 5.73 Å². The van der Waals surface area contributed by atoms with Crippen LogP contribution in [0.4, 0.5) is 0 Å². The van der Waals surface area contributed by atoms with Gasteiger partial charge in [-0.3, -0.25) is 14.8 Å². The zero-order valence-electron chi connectivity index (χ0n) is 13.3. The predicted molar refractivity (Wildman–Crippen MR) is 91.9 cm³/mol. The number of aliphatic hydroxyl groups excluding tert-OH is 1. The molecule has 0 bridgehead atoms. The van der Waals surface area contributed by atoms with Crippen LogP contribution < -0.4 is 5.73 Å². The van der Waals surface area contributed by atoms with Crippen molar-refractivity contribution in [3.63, 3.8) is 0 Å². The molecular weight excluding hydrogens is 328 g/mol. The highest BCUT2D eigenvalue weighted by molar-refractivity contribution is 6.30. The number of likely N-dealkylation sites (tertiary alicyclic amines) is 1. The lowest BCUT2D eigenvalue weighted by atomic mass is 9.94. The highest BCUT2D eigenvalue weighted by Crippen LogP contribution is 2.27. The van der Waals surface area contributed by atoms with E-state index in [-0.39, 0.29) is 11.6 Å². The number of carbonyl (C=O) groups is 1. The molecule has 1 fully saturated rings. The van der Waals surface area contributed by atoms with Crippen LogP contribution in [0.15, 0.2) is 30.3 Å². The number of primary amides is 1.